The van der Waals surface area contributed by atoms with Crippen LogP contribution in [-0.4, -0.2) is 31.3 Å². The van der Waals surface area contributed by atoms with E-state index >= 15 is 0 Å². The van der Waals surface area contributed by atoms with Gasteiger partial charge in [-0.1, -0.05) is 23.8 Å². The van der Waals surface area contributed by atoms with Crippen molar-refractivity contribution in [2.45, 2.75) is 26.8 Å². The monoisotopic (exact) mass is 246 g/mol. The first-order valence-electron chi connectivity index (χ1n) is 5.59. The van der Waals surface area contributed by atoms with Crippen molar-refractivity contribution in [2.75, 3.05) is 0 Å². The van der Waals surface area contributed by atoms with Gasteiger partial charge in [0.15, 0.2) is 5.82 Å². The minimum atomic E-state index is -0.938. The average Bonchev–Trinajstić information content (AvgIpc) is 2.69. The zero-order chi connectivity index (χ0) is 13.1. The van der Waals surface area contributed by atoms with Gasteiger partial charge in [-0.3, -0.25) is 4.79 Å². The Balaban J connectivity index is 2.23. The molecule has 0 saturated carbocycles. The summed E-state index contributed by atoms with van der Waals surface area (Å²) in [6.45, 7) is 4.54. The van der Waals surface area contributed by atoms with E-state index in [0.717, 1.165) is 11.1 Å². The molecule has 0 bridgehead atoms. The number of rotatable bonds is 4. The van der Waals surface area contributed by atoms with Gasteiger partial charge in [0.1, 0.15) is 6.42 Å². The lowest BCUT2D eigenvalue weighted by Gasteiger charge is -2.07. The number of nitrogens with zero attached hydrogens (tertiary/aromatic N) is 4. The molecule has 0 aliphatic carbocycles. The van der Waals surface area contributed by atoms with Gasteiger partial charge >= 0.3 is 5.97 Å². The van der Waals surface area contributed by atoms with Gasteiger partial charge in [0.2, 0.25) is 0 Å². The molecule has 0 aliphatic rings. The van der Waals surface area contributed by atoms with Crippen LogP contribution in [0.15, 0.2) is 18.2 Å². The fourth-order valence-electron chi connectivity index (χ4n) is 1.79. The van der Waals surface area contributed by atoms with Crippen LogP contribution in [0.25, 0.3) is 0 Å². The zero-order valence-electron chi connectivity index (χ0n) is 10.3. The number of hydrogen-bond donors (Lipinski definition) is 1. The molecule has 6 heteroatoms. The lowest BCUT2D eigenvalue weighted by atomic mass is 10.1. The highest BCUT2D eigenvalue weighted by Crippen LogP contribution is 2.12. The Kier molecular flexibility index (Phi) is 3.36. The second-order valence-electron chi connectivity index (χ2n) is 4.25. The van der Waals surface area contributed by atoms with Gasteiger partial charge in [0, 0.05) is 0 Å². The second-order valence-corrected chi connectivity index (χ2v) is 4.25. The molecule has 94 valence electrons. The van der Waals surface area contributed by atoms with Crippen molar-refractivity contribution < 1.29 is 9.90 Å². The SMILES string of the molecule is Cc1ccc(Cn2nnnc2CC(=O)O)c(C)c1. The van der Waals surface area contributed by atoms with E-state index < -0.39 is 5.97 Å². The average molecular weight is 246 g/mol. The van der Waals surface area contributed by atoms with Crippen LogP contribution in [0.2, 0.25) is 0 Å². The van der Waals surface area contributed by atoms with Gasteiger partial charge < -0.3 is 5.11 Å². The first-order chi connectivity index (χ1) is 8.56. The van der Waals surface area contributed by atoms with Gasteiger partial charge in [-0.25, -0.2) is 4.68 Å². The van der Waals surface area contributed by atoms with Crippen LogP contribution in [0.5, 0.6) is 0 Å². The first-order valence-corrected chi connectivity index (χ1v) is 5.59. The maximum absolute atomic E-state index is 10.7. The molecule has 0 fully saturated rings. The number of tetrazole rings is 1. The number of carboxylic acids is 1. The molecule has 0 amide bonds. The van der Waals surface area contributed by atoms with Gasteiger partial charge in [-0.05, 0) is 35.4 Å². The molecule has 1 aromatic carbocycles. The second kappa shape index (κ2) is 4.95. The lowest BCUT2D eigenvalue weighted by molar-refractivity contribution is -0.136. The third kappa shape index (κ3) is 2.71. The summed E-state index contributed by atoms with van der Waals surface area (Å²) in [6, 6.07) is 6.11. The zero-order valence-corrected chi connectivity index (χ0v) is 10.3. The first kappa shape index (κ1) is 12.2. The minimum absolute atomic E-state index is 0.169. The molecule has 1 aromatic heterocycles. The third-order valence-electron chi connectivity index (χ3n) is 2.73. The Morgan fingerprint density at radius 1 is 1.39 bits per heavy atom. The highest BCUT2D eigenvalue weighted by molar-refractivity contribution is 5.68. The summed E-state index contributed by atoms with van der Waals surface area (Å²) in [5.41, 5.74) is 3.42. The van der Waals surface area contributed by atoms with Gasteiger partial charge in [0.05, 0.1) is 6.54 Å². The van der Waals surface area contributed by atoms with E-state index in [1.54, 1.807) is 0 Å². The number of carbonyl (C=O) groups is 1. The summed E-state index contributed by atoms with van der Waals surface area (Å²) in [6.07, 6.45) is -0.169. The number of carboxylic acid groups (broad SMARTS) is 1. The number of benzene rings is 1. The van der Waals surface area contributed by atoms with Crippen LogP contribution in [-0.2, 0) is 17.8 Å². The predicted octanol–water partition coefficient (Wildman–Crippen LogP) is 0.965. The van der Waals surface area contributed by atoms with E-state index in [-0.39, 0.29) is 6.42 Å². The van der Waals surface area contributed by atoms with Gasteiger partial charge in [-0.2, -0.15) is 0 Å². The molecule has 0 radical (unpaired) electrons. The summed E-state index contributed by atoms with van der Waals surface area (Å²) in [5.74, 6) is -0.575. The maximum atomic E-state index is 10.7. The van der Waals surface area contributed by atoms with E-state index in [9.17, 15) is 4.79 Å². The van der Waals surface area contributed by atoms with Crippen LogP contribution >= 0.6 is 0 Å². The van der Waals surface area contributed by atoms with Crippen molar-refractivity contribution in [3.05, 3.63) is 40.7 Å². The van der Waals surface area contributed by atoms with E-state index in [1.165, 1.54) is 10.2 Å². The Morgan fingerprint density at radius 3 is 2.83 bits per heavy atom. The molecule has 18 heavy (non-hydrogen) atoms. The van der Waals surface area contributed by atoms with Crippen LogP contribution in [0.4, 0.5) is 0 Å². The number of aryl methyl sites for hydroxylation is 2. The summed E-state index contributed by atoms with van der Waals surface area (Å²) >= 11 is 0. The molecule has 0 saturated heterocycles. The Labute approximate surface area is 104 Å². The molecule has 0 spiro atoms. The molecule has 1 N–H and O–H groups in total. The van der Waals surface area contributed by atoms with Crippen LogP contribution in [0.3, 0.4) is 0 Å². The quantitative estimate of drug-likeness (QED) is 0.869. The molecule has 6 nitrogen and oxygen atoms in total. The fraction of sp³-hybridized carbons (Fsp3) is 0.333. The summed E-state index contributed by atoms with van der Waals surface area (Å²) in [5, 5.41) is 19.8. The standard InChI is InChI=1S/C12H14N4O2/c1-8-3-4-10(9(2)5-8)7-16-11(6-12(17)18)13-14-15-16/h3-5H,6-7H2,1-2H3,(H,17,18). The van der Waals surface area contributed by atoms with E-state index in [0.29, 0.717) is 12.4 Å². The topological polar surface area (TPSA) is 80.9 Å². The predicted molar refractivity (Wildman–Crippen MR) is 64.2 cm³/mol. The number of hydrogen-bond acceptors (Lipinski definition) is 4. The van der Waals surface area contributed by atoms with Crippen LogP contribution < -0.4 is 0 Å². The van der Waals surface area contributed by atoms with Crippen LogP contribution in [0.1, 0.15) is 22.5 Å². The van der Waals surface area contributed by atoms with Crippen molar-refractivity contribution in [1.29, 1.82) is 0 Å². The van der Waals surface area contributed by atoms with Crippen LogP contribution in [0, 0.1) is 13.8 Å². The van der Waals surface area contributed by atoms with Gasteiger partial charge in [0.25, 0.3) is 0 Å². The van der Waals surface area contributed by atoms with Crippen molar-refractivity contribution in [2.24, 2.45) is 0 Å². The summed E-state index contributed by atoms with van der Waals surface area (Å²) in [7, 11) is 0. The molecule has 0 aliphatic heterocycles. The molecular formula is C12H14N4O2. The Morgan fingerprint density at radius 2 is 2.17 bits per heavy atom. The van der Waals surface area contributed by atoms with Gasteiger partial charge in [-0.15, -0.1) is 5.10 Å². The van der Waals surface area contributed by atoms with E-state index in [2.05, 4.69) is 21.6 Å². The highest BCUT2D eigenvalue weighted by atomic mass is 16.4. The Hall–Kier alpha value is -2.24. The molecule has 0 atom stereocenters. The molecule has 1 heterocycles. The van der Waals surface area contributed by atoms with Crippen molar-refractivity contribution in [3.63, 3.8) is 0 Å². The maximum Gasteiger partial charge on any atom is 0.311 e. The normalized spacial score (nSPS) is 10.6. The van der Waals surface area contributed by atoms with E-state index in [1.807, 2.05) is 26.0 Å². The summed E-state index contributed by atoms with van der Waals surface area (Å²) in [4.78, 5) is 10.7. The van der Waals surface area contributed by atoms with E-state index in [4.69, 9.17) is 5.11 Å². The van der Waals surface area contributed by atoms with Crippen molar-refractivity contribution in [3.8, 4) is 0 Å². The third-order valence-corrected chi connectivity index (χ3v) is 2.73. The fourth-order valence-corrected chi connectivity index (χ4v) is 1.79. The highest BCUT2D eigenvalue weighted by Gasteiger charge is 2.11. The smallest absolute Gasteiger partial charge is 0.311 e. The van der Waals surface area contributed by atoms with Crippen molar-refractivity contribution in [1.82, 2.24) is 20.2 Å². The molecular weight excluding hydrogens is 232 g/mol. The molecule has 0 unspecified atom stereocenters. The number of aliphatic carboxylic acids is 1. The summed E-state index contributed by atoms with van der Waals surface area (Å²) < 4.78 is 1.52. The molecule has 2 aromatic rings. The largest absolute Gasteiger partial charge is 0.481 e. The minimum Gasteiger partial charge on any atom is -0.481 e. The molecule has 2 rings (SSSR count). The van der Waals surface area contributed by atoms with Crippen molar-refractivity contribution >= 4 is 5.97 Å². The number of aromatic nitrogens is 4. The Bertz CT molecular complexity index is 577. The lowest BCUT2D eigenvalue weighted by Crippen LogP contribution is -2.12.